The van der Waals surface area contributed by atoms with Crippen LogP contribution in [0.3, 0.4) is 0 Å². The van der Waals surface area contributed by atoms with Gasteiger partial charge in [-0.2, -0.15) is 0 Å². The Labute approximate surface area is 172 Å². The Balaban J connectivity index is 1.97. The van der Waals surface area contributed by atoms with Gasteiger partial charge in [-0.25, -0.2) is 26.9 Å². The minimum atomic E-state index is -4.33. The van der Waals surface area contributed by atoms with E-state index in [2.05, 4.69) is 20.9 Å². The van der Waals surface area contributed by atoms with Gasteiger partial charge in [0.15, 0.2) is 0 Å². The molecule has 1 amide bonds. The molecule has 6 nitrogen and oxygen atoms in total. The maximum atomic E-state index is 14.0. The highest BCUT2D eigenvalue weighted by atomic mass is 79.9. The second kappa shape index (κ2) is 7.61. The molecular formula is C17H11BrClF2N3O3S. The first-order valence-electron chi connectivity index (χ1n) is 7.60. The quantitative estimate of drug-likeness (QED) is 0.601. The topological polar surface area (TPSA) is 81.1 Å². The van der Waals surface area contributed by atoms with E-state index >= 15 is 0 Å². The summed E-state index contributed by atoms with van der Waals surface area (Å²) in [4.78, 5) is 16.0. The van der Waals surface area contributed by atoms with Gasteiger partial charge < -0.3 is 4.57 Å². The van der Waals surface area contributed by atoms with Crippen LogP contribution in [0.5, 0.6) is 0 Å². The van der Waals surface area contributed by atoms with E-state index in [1.54, 1.807) is 0 Å². The van der Waals surface area contributed by atoms with Crippen molar-refractivity contribution in [3.63, 3.8) is 0 Å². The zero-order valence-electron chi connectivity index (χ0n) is 14.1. The van der Waals surface area contributed by atoms with Crippen molar-refractivity contribution in [1.82, 2.24) is 14.3 Å². The van der Waals surface area contributed by atoms with Crippen LogP contribution in [0.25, 0.3) is 11.4 Å². The van der Waals surface area contributed by atoms with Gasteiger partial charge in [0, 0.05) is 17.7 Å². The number of nitrogens with one attached hydrogen (secondary N) is 1. The van der Waals surface area contributed by atoms with Gasteiger partial charge in [-0.1, -0.05) is 23.7 Å². The zero-order chi connectivity index (χ0) is 20.6. The first-order valence-corrected chi connectivity index (χ1v) is 10.3. The van der Waals surface area contributed by atoms with Crippen LogP contribution in [0.15, 0.2) is 52.0 Å². The largest absolute Gasteiger partial charge is 0.333 e. The molecule has 3 aromatic rings. The number of aryl methyl sites for hydroxylation is 1. The fourth-order valence-electron chi connectivity index (χ4n) is 2.48. The van der Waals surface area contributed by atoms with E-state index in [4.69, 9.17) is 11.6 Å². The van der Waals surface area contributed by atoms with Crippen molar-refractivity contribution in [2.45, 2.75) is 4.90 Å². The zero-order valence-corrected chi connectivity index (χ0v) is 17.2. The average molecular weight is 491 g/mol. The van der Waals surface area contributed by atoms with E-state index in [0.717, 1.165) is 18.3 Å². The second-order valence-corrected chi connectivity index (χ2v) is 8.52. The molecule has 0 unspecified atom stereocenters. The molecule has 1 N–H and O–H groups in total. The smallest absolute Gasteiger partial charge is 0.285 e. The summed E-state index contributed by atoms with van der Waals surface area (Å²) < 4.78 is 56.3. The molecule has 0 saturated carbocycles. The van der Waals surface area contributed by atoms with Gasteiger partial charge in [0.1, 0.15) is 28.0 Å². The molecule has 28 heavy (non-hydrogen) atoms. The highest BCUT2D eigenvalue weighted by Crippen LogP contribution is 2.29. The molecule has 0 atom stereocenters. The SMILES string of the molecule is Cn1cc(C(=O)NS(=O)(=O)c2c(Cl)cccc2Br)nc1-c1c(F)cccc1F. The van der Waals surface area contributed by atoms with E-state index < -0.39 is 33.1 Å². The summed E-state index contributed by atoms with van der Waals surface area (Å²) in [7, 11) is -2.91. The van der Waals surface area contributed by atoms with E-state index in [1.807, 2.05) is 4.72 Å². The number of carbonyl (C=O) groups excluding carboxylic acids is 1. The summed E-state index contributed by atoms with van der Waals surface area (Å²) >= 11 is 9.00. The van der Waals surface area contributed by atoms with Crippen molar-refractivity contribution < 1.29 is 22.0 Å². The van der Waals surface area contributed by atoms with Gasteiger partial charge in [0.05, 0.1) is 10.6 Å². The Hall–Kier alpha value is -2.30. The van der Waals surface area contributed by atoms with Crippen LogP contribution in [0, 0.1) is 11.6 Å². The Morgan fingerprint density at radius 1 is 1.18 bits per heavy atom. The molecule has 0 spiro atoms. The minimum Gasteiger partial charge on any atom is -0.333 e. The van der Waals surface area contributed by atoms with Crippen molar-refractivity contribution >= 4 is 43.5 Å². The fraction of sp³-hybridized carbons (Fsp3) is 0.0588. The highest BCUT2D eigenvalue weighted by Gasteiger charge is 2.26. The number of hydrogen-bond donors (Lipinski definition) is 1. The number of benzene rings is 2. The summed E-state index contributed by atoms with van der Waals surface area (Å²) in [6.45, 7) is 0. The molecule has 11 heteroatoms. The van der Waals surface area contributed by atoms with E-state index in [-0.39, 0.29) is 25.9 Å². The molecule has 1 aromatic heterocycles. The molecule has 0 radical (unpaired) electrons. The molecule has 0 bridgehead atoms. The van der Waals surface area contributed by atoms with Crippen molar-refractivity contribution in [1.29, 1.82) is 0 Å². The van der Waals surface area contributed by atoms with Gasteiger partial charge in [-0.3, -0.25) is 4.79 Å². The third kappa shape index (κ3) is 3.80. The number of nitrogens with zero attached hydrogens (tertiary/aromatic N) is 2. The molecule has 0 fully saturated rings. The maximum Gasteiger partial charge on any atom is 0.285 e. The van der Waals surface area contributed by atoms with Gasteiger partial charge >= 0.3 is 0 Å². The Kier molecular flexibility index (Phi) is 5.55. The van der Waals surface area contributed by atoms with Crippen LogP contribution in [-0.4, -0.2) is 23.9 Å². The fourth-order valence-corrected chi connectivity index (χ4v) is 5.18. The molecule has 1 heterocycles. The summed E-state index contributed by atoms with van der Waals surface area (Å²) in [5.41, 5.74) is -0.771. The van der Waals surface area contributed by atoms with Crippen molar-refractivity contribution in [3.05, 3.63) is 69.4 Å². The molecule has 3 rings (SSSR count). The Morgan fingerprint density at radius 2 is 1.79 bits per heavy atom. The van der Waals surface area contributed by atoms with Gasteiger partial charge in [-0.05, 0) is 40.2 Å². The molecule has 146 valence electrons. The van der Waals surface area contributed by atoms with Crippen LogP contribution in [0.4, 0.5) is 8.78 Å². The van der Waals surface area contributed by atoms with Crippen molar-refractivity contribution in [2.75, 3.05) is 0 Å². The lowest BCUT2D eigenvalue weighted by molar-refractivity contribution is 0.0977. The van der Waals surface area contributed by atoms with Crippen LogP contribution in [-0.2, 0) is 17.1 Å². The van der Waals surface area contributed by atoms with Crippen LogP contribution < -0.4 is 4.72 Å². The predicted molar refractivity (Wildman–Crippen MR) is 102 cm³/mol. The average Bonchev–Trinajstić information content (AvgIpc) is 2.96. The van der Waals surface area contributed by atoms with Crippen molar-refractivity contribution in [3.8, 4) is 11.4 Å². The van der Waals surface area contributed by atoms with Gasteiger partial charge in [0.25, 0.3) is 15.9 Å². The number of rotatable bonds is 4. The summed E-state index contributed by atoms with van der Waals surface area (Å²) in [6, 6.07) is 7.62. The third-order valence-electron chi connectivity index (χ3n) is 3.71. The number of halogens is 4. The van der Waals surface area contributed by atoms with Crippen LogP contribution in [0.2, 0.25) is 5.02 Å². The normalized spacial score (nSPS) is 11.5. The first kappa shape index (κ1) is 20.4. The van der Waals surface area contributed by atoms with E-state index in [9.17, 15) is 22.0 Å². The van der Waals surface area contributed by atoms with E-state index in [1.165, 1.54) is 35.9 Å². The van der Waals surface area contributed by atoms with Crippen LogP contribution >= 0.6 is 27.5 Å². The number of carbonyl (C=O) groups is 1. The monoisotopic (exact) mass is 489 g/mol. The van der Waals surface area contributed by atoms with E-state index in [0.29, 0.717) is 0 Å². The van der Waals surface area contributed by atoms with Crippen molar-refractivity contribution in [2.24, 2.45) is 7.05 Å². The number of sulfonamides is 1. The maximum absolute atomic E-state index is 14.0. The lowest BCUT2D eigenvalue weighted by Gasteiger charge is -2.09. The lowest BCUT2D eigenvalue weighted by Crippen LogP contribution is -2.31. The summed E-state index contributed by atoms with van der Waals surface area (Å²) in [6.07, 6.45) is 1.16. The Morgan fingerprint density at radius 3 is 2.39 bits per heavy atom. The third-order valence-corrected chi connectivity index (χ3v) is 6.49. The summed E-state index contributed by atoms with van der Waals surface area (Å²) in [5, 5.41) is -0.0928. The first-order chi connectivity index (χ1) is 13.1. The molecule has 0 aliphatic carbocycles. The number of hydrogen-bond acceptors (Lipinski definition) is 4. The number of imidazole rings is 1. The molecular weight excluding hydrogens is 480 g/mol. The van der Waals surface area contributed by atoms with Crippen LogP contribution in [0.1, 0.15) is 10.5 Å². The molecule has 0 saturated heterocycles. The molecule has 0 aliphatic rings. The Bertz CT molecular complexity index is 1160. The molecule has 2 aromatic carbocycles. The highest BCUT2D eigenvalue weighted by molar-refractivity contribution is 9.10. The standard InChI is InChI=1S/C17H11BrClF2N3O3S/c1-24-8-13(22-16(24)14-11(20)6-3-7-12(14)21)17(25)23-28(26,27)15-9(18)4-2-5-10(15)19/h2-8H,1H3,(H,23,25). The number of amides is 1. The molecule has 0 aliphatic heterocycles. The second-order valence-electron chi connectivity index (χ2n) is 5.64. The lowest BCUT2D eigenvalue weighted by atomic mass is 10.2. The van der Waals surface area contributed by atoms with Gasteiger partial charge in [-0.15, -0.1) is 0 Å². The summed E-state index contributed by atoms with van der Waals surface area (Å²) in [5.74, 6) is -2.98. The minimum absolute atomic E-state index is 0.0928. The predicted octanol–water partition coefficient (Wildman–Crippen LogP) is 3.90. The van der Waals surface area contributed by atoms with Gasteiger partial charge in [0.2, 0.25) is 0 Å². The number of aromatic nitrogens is 2.